The van der Waals surface area contributed by atoms with Gasteiger partial charge >= 0.3 is 0 Å². The van der Waals surface area contributed by atoms with Gasteiger partial charge in [0, 0.05) is 11.8 Å². The highest BCUT2D eigenvalue weighted by Gasteiger charge is 2.36. The summed E-state index contributed by atoms with van der Waals surface area (Å²) >= 11 is 0. The molecular weight excluding hydrogens is 286 g/mol. The highest BCUT2D eigenvalue weighted by molar-refractivity contribution is 6.74. The average molecular weight is 314 g/mol. The van der Waals surface area contributed by atoms with Crippen LogP contribution in [0, 0.1) is 6.92 Å². The highest BCUT2D eigenvalue weighted by Crippen LogP contribution is 2.37. The fourth-order valence-corrected chi connectivity index (χ4v) is 2.90. The zero-order valence-electron chi connectivity index (χ0n) is 14.6. The molecule has 118 valence electrons. The number of aromatic nitrogens is 1. The first-order valence-electron chi connectivity index (χ1n) is 7.85. The van der Waals surface area contributed by atoms with Gasteiger partial charge in [-0.1, -0.05) is 45.0 Å². The summed E-state index contributed by atoms with van der Waals surface area (Å²) in [5, 5.41) is 0.239. The molecule has 0 aliphatic heterocycles. The molecule has 2 rings (SSSR count). The van der Waals surface area contributed by atoms with Gasteiger partial charge in [0.2, 0.25) is 0 Å². The Kier molecular flexibility index (Phi) is 4.88. The maximum atomic E-state index is 6.31. The first kappa shape index (κ1) is 16.9. The molecule has 0 saturated heterocycles. The van der Waals surface area contributed by atoms with Gasteiger partial charge < -0.3 is 4.43 Å². The van der Waals surface area contributed by atoms with E-state index in [-0.39, 0.29) is 5.04 Å². The Hall–Kier alpha value is -1.45. The maximum Gasteiger partial charge on any atom is 0.192 e. The molecular formula is C19H27NOSi. The topological polar surface area (TPSA) is 22.1 Å². The second-order valence-electron chi connectivity index (χ2n) is 7.47. The van der Waals surface area contributed by atoms with E-state index in [1.165, 1.54) is 11.1 Å². The second-order valence-corrected chi connectivity index (χ2v) is 12.3. The van der Waals surface area contributed by atoms with Gasteiger partial charge in [-0.3, -0.25) is 4.98 Å². The van der Waals surface area contributed by atoms with Crippen LogP contribution in [0.3, 0.4) is 0 Å². The molecule has 0 amide bonds. The molecule has 0 unspecified atom stereocenters. The highest BCUT2D eigenvalue weighted by atomic mass is 28.4. The van der Waals surface area contributed by atoms with E-state index in [9.17, 15) is 0 Å². The zero-order valence-corrected chi connectivity index (χ0v) is 15.6. The molecule has 0 N–H and O–H groups in total. The first-order valence-corrected chi connectivity index (χ1v) is 10.8. The lowest BCUT2D eigenvalue weighted by Crippen LogP contribution is -2.40. The molecule has 0 aliphatic carbocycles. The minimum atomic E-state index is -1.71. The lowest BCUT2D eigenvalue weighted by atomic mass is 10.1. The van der Waals surface area contributed by atoms with Crippen LogP contribution < -0.4 is 0 Å². The number of hydrogen-bond acceptors (Lipinski definition) is 2. The smallest absolute Gasteiger partial charge is 0.192 e. The molecule has 0 aliphatic rings. The van der Waals surface area contributed by atoms with Crippen molar-refractivity contribution in [3.63, 3.8) is 0 Å². The second kappa shape index (κ2) is 6.35. The van der Waals surface area contributed by atoms with E-state index in [0.717, 1.165) is 11.3 Å². The fourth-order valence-electron chi connectivity index (χ4n) is 1.94. The van der Waals surface area contributed by atoms with Crippen molar-refractivity contribution in [1.29, 1.82) is 0 Å². The molecule has 3 heteroatoms. The molecule has 0 bridgehead atoms. The quantitative estimate of drug-likeness (QED) is 0.687. The Morgan fingerprint density at radius 2 is 1.82 bits per heavy atom. The van der Waals surface area contributed by atoms with E-state index < -0.39 is 8.32 Å². The number of rotatable bonds is 4. The molecule has 1 heterocycles. The average Bonchev–Trinajstić information content (AvgIpc) is 2.45. The molecule has 0 atom stereocenters. The lowest BCUT2D eigenvalue weighted by Gasteiger charge is -2.36. The van der Waals surface area contributed by atoms with Crippen LogP contribution >= 0.6 is 0 Å². The summed E-state index contributed by atoms with van der Waals surface area (Å²) in [6.07, 6.45) is 1.91. The number of hydrogen-bond donors (Lipinski definition) is 0. The Bertz CT molecular complexity index is 627. The Balaban J connectivity index is 2.14. The van der Waals surface area contributed by atoms with Crippen molar-refractivity contribution < 1.29 is 4.43 Å². The SMILES string of the molecule is Cc1ccc(-c2cccc(CO[Si](C)(C)C(C)(C)C)c2)nc1. The van der Waals surface area contributed by atoms with Crippen molar-refractivity contribution in [2.24, 2.45) is 0 Å². The lowest BCUT2D eigenvalue weighted by molar-refractivity contribution is 0.276. The predicted molar refractivity (Wildman–Crippen MR) is 96.4 cm³/mol. The van der Waals surface area contributed by atoms with Crippen LogP contribution in [0.15, 0.2) is 42.6 Å². The van der Waals surface area contributed by atoms with E-state index in [1.54, 1.807) is 0 Å². The van der Waals surface area contributed by atoms with Crippen molar-refractivity contribution in [3.8, 4) is 11.3 Å². The predicted octanol–water partition coefficient (Wildman–Crippen LogP) is 5.58. The van der Waals surface area contributed by atoms with Gasteiger partial charge in [-0.05, 0) is 48.3 Å². The summed E-state index contributed by atoms with van der Waals surface area (Å²) in [6, 6.07) is 12.7. The van der Waals surface area contributed by atoms with Crippen LogP contribution in [0.2, 0.25) is 18.1 Å². The molecule has 1 aromatic heterocycles. The monoisotopic (exact) mass is 313 g/mol. The molecule has 0 fully saturated rings. The summed E-state index contributed by atoms with van der Waals surface area (Å²) in [6.45, 7) is 14.1. The Morgan fingerprint density at radius 1 is 1.09 bits per heavy atom. The summed E-state index contributed by atoms with van der Waals surface area (Å²) in [5.74, 6) is 0. The summed E-state index contributed by atoms with van der Waals surface area (Å²) in [5.41, 5.74) is 4.56. The van der Waals surface area contributed by atoms with E-state index >= 15 is 0 Å². The number of benzene rings is 1. The Morgan fingerprint density at radius 3 is 2.41 bits per heavy atom. The third-order valence-corrected chi connectivity index (χ3v) is 9.02. The fraction of sp³-hybridized carbons (Fsp3) is 0.421. The van der Waals surface area contributed by atoms with E-state index in [4.69, 9.17) is 4.43 Å². The summed E-state index contributed by atoms with van der Waals surface area (Å²) in [4.78, 5) is 4.51. The maximum absolute atomic E-state index is 6.31. The van der Waals surface area contributed by atoms with Gasteiger partial charge in [-0.15, -0.1) is 0 Å². The zero-order chi connectivity index (χ0) is 16.4. The van der Waals surface area contributed by atoms with Gasteiger partial charge in [0.05, 0.1) is 12.3 Å². The molecule has 2 nitrogen and oxygen atoms in total. The first-order chi connectivity index (χ1) is 10.2. The van der Waals surface area contributed by atoms with Gasteiger partial charge in [0.15, 0.2) is 8.32 Å². The number of aryl methyl sites for hydroxylation is 1. The number of pyridine rings is 1. The van der Waals surface area contributed by atoms with E-state index in [0.29, 0.717) is 6.61 Å². The summed E-state index contributed by atoms with van der Waals surface area (Å²) in [7, 11) is -1.71. The van der Waals surface area contributed by atoms with Crippen molar-refractivity contribution in [2.75, 3.05) is 0 Å². The normalized spacial score (nSPS) is 12.5. The summed E-state index contributed by atoms with van der Waals surface area (Å²) < 4.78 is 6.31. The van der Waals surface area contributed by atoms with E-state index in [1.807, 2.05) is 6.20 Å². The molecule has 0 saturated carbocycles. The van der Waals surface area contributed by atoms with Crippen LogP contribution in [-0.4, -0.2) is 13.3 Å². The minimum absolute atomic E-state index is 0.239. The molecule has 2 aromatic rings. The van der Waals surface area contributed by atoms with E-state index in [2.05, 4.69) is 82.2 Å². The van der Waals surface area contributed by atoms with Crippen LogP contribution in [0.1, 0.15) is 31.9 Å². The van der Waals surface area contributed by atoms with Crippen molar-refractivity contribution >= 4 is 8.32 Å². The molecule has 22 heavy (non-hydrogen) atoms. The molecule has 0 radical (unpaired) electrons. The molecule has 1 aromatic carbocycles. The van der Waals surface area contributed by atoms with Gasteiger partial charge in [0.1, 0.15) is 0 Å². The van der Waals surface area contributed by atoms with Crippen LogP contribution in [0.5, 0.6) is 0 Å². The minimum Gasteiger partial charge on any atom is -0.413 e. The largest absolute Gasteiger partial charge is 0.413 e. The third-order valence-electron chi connectivity index (χ3n) is 4.54. The number of nitrogens with zero attached hydrogens (tertiary/aromatic N) is 1. The van der Waals surface area contributed by atoms with Gasteiger partial charge in [0.25, 0.3) is 0 Å². The standard InChI is InChI=1S/C19H27NOSi/c1-15-10-11-18(20-13-15)17-9-7-8-16(12-17)14-21-22(5,6)19(2,3)4/h7-13H,14H2,1-6H3. The van der Waals surface area contributed by atoms with Gasteiger partial charge in [-0.25, -0.2) is 0 Å². The van der Waals surface area contributed by atoms with Crippen LogP contribution in [0.4, 0.5) is 0 Å². The molecule has 0 spiro atoms. The Labute approximate surface area is 135 Å². The van der Waals surface area contributed by atoms with Crippen molar-refractivity contribution in [2.45, 2.75) is 52.4 Å². The van der Waals surface area contributed by atoms with Crippen molar-refractivity contribution in [3.05, 3.63) is 53.7 Å². The third kappa shape index (κ3) is 4.05. The van der Waals surface area contributed by atoms with Crippen LogP contribution in [0.25, 0.3) is 11.3 Å². The van der Waals surface area contributed by atoms with Crippen LogP contribution in [-0.2, 0) is 11.0 Å². The van der Waals surface area contributed by atoms with Crippen molar-refractivity contribution in [1.82, 2.24) is 4.98 Å². The van der Waals surface area contributed by atoms with Gasteiger partial charge in [-0.2, -0.15) is 0 Å².